The van der Waals surface area contributed by atoms with E-state index in [0.717, 1.165) is 68.6 Å². The molecule has 4 rings (SSSR count). The highest BCUT2D eigenvalue weighted by Crippen LogP contribution is 2.32. The van der Waals surface area contributed by atoms with Crippen molar-refractivity contribution in [2.45, 2.75) is 31.8 Å². The molecular weight excluding hydrogens is 485 g/mol. The van der Waals surface area contributed by atoms with Crippen molar-refractivity contribution in [1.29, 1.82) is 0 Å². The van der Waals surface area contributed by atoms with Crippen LogP contribution >= 0.6 is 24.0 Å². The highest BCUT2D eigenvalue weighted by Gasteiger charge is 2.15. The molecule has 0 aliphatic carbocycles. The molecule has 2 N–H and O–H groups in total. The van der Waals surface area contributed by atoms with Gasteiger partial charge in [0, 0.05) is 26.1 Å². The lowest BCUT2D eigenvalue weighted by Crippen LogP contribution is -2.40. The van der Waals surface area contributed by atoms with Crippen LogP contribution in [0.4, 0.5) is 0 Å². The normalized spacial score (nSPS) is 17.8. The molecule has 1 saturated heterocycles. The number of nitrogens with one attached hydrogen (secondary N) is 2. The lowest BCUT2D eigenvalue weighted by molar-refractivity contribution is 0.117. The molecule has 1 aromatic heterocycles. The Kier molecular flexibility index (Phi) is 8.48. The van der Waals surface area contributed by atoms with Crippen molar-refractivity contribution in [2.24, 2.45) is 4.99 Å². The average Bonchev–Trinajstić information content (AvgIpc) is 3.47. The Morgan fingerprint density at radius 1 is 1.07 bits per heavy atom. The first-order valence-electron chi connectivity index (χ1n) is 9.91. The average molecular weight is 513 g/mol. The number of hydrogen-bond acceptors (Lipinski definition) is 5. The van der Waals surface area contributed by atoms with Crippen LogP contribution in [0.1, 0.15) is 24.2 Å². The van der Waals surface area contributed by atoms with E-state index in [4.69, 9.17) is 23.6 Å². The molecule has 0 radical (unpaired) electrons. The summed E-state index contributed by atoms with van der Waals surface area (Å²) < 4.78 is 21.9. The van der Waals surface area contributed by atoms with Crippen molar-refractivity contribution in [3.63, 3.8) is 0 Å². The predicted octanol–water partition coefficient (Wildman–Crippen LogP) is 3.13. The lowest BCUT2D eigenvalue weighted by atomic mass is 10.1. The van der Waals surface area contributed by atoms with E-state index in [0.29, 0.717) is 13.3 Å². The molecule has 2 aromatic rings. The third-order valence-electron chi connectivity index (χ3n) is 4.86. The number of halogens is 1. The molecule has 0 spiro atoms. The zero-order chi connectivity index (χ0) is 19.0. The van der Waals surface area contributed by atoms with Gasteiger partial charge in [0.05, 0.1) is 18.9 Å². The van der Waals surface area contributed by atoms with Gasteiger partial charge in [-0.15, -0.1) is 24.0 Å². The Labute approximate surface area is 188 Å². The molecule has 1 fully saturated rings. The summed E-state index contributed by atoms with van der Waals surface area (Å²) in [7, 11) is 0. The van der Waals surface area contributed by atoms with Gasteiger partial charge < -0.3 is 29.3 Å². The Balaban J connectivity index is 0.00000240. The van der Waals surface area contributed by atoms with E-state index in [9.17, 15) is 0 Å². The zero-order valence-electron chi connectivity index (χ0n) is 16.4. The molecule has 158 valence electrons. The summed E-state index contributed by atoms with van der Waals surface area (Å²) in [4.78, 5) is 4.71. The fourth-order valence-electron chi connectivity index (χ4n) is 3.34. The molecule has 2 aliphatic heterocycles. The molecule has 3 heterocycles. The van der Waals surface area contributed by atoms with Gasteiger partial charge in [0.2, 0.25) is 6.79 Å². The van der Waals surface area contributed by atoms with Gasteiger partial charge in [0.15, 0.2) is 17.5 Å². The van der Waals surface area contributed by atoms with Gasteiger partial charge in [-0.2, -0.15) is 0 Å². The van der Waals surface area contributed by atoms with E-state index in [1.165, 1.54) is 5.56 Å². The Hall–Kier alpha value is -1.94. The van der Waals surface area contributed by atoms with Crippen LogP contribution in [0.5, 0.6) is 11.5 Å². The van der Waals surface area contributed by atoms with Gasteiger partial charge in [0.1, 0.15) is 5.76 Å². The minimum Gasteiger partial charge on any atom is -0.469 e. The summed E-state index contributed by atoms with van der Waals surface area (Å²) in [6.07, 6.45) is 5.83. The molecule has 7 nitrogen and oxygen atoms in total. The number of aliphatic imine (C=N–C) groups is 1. The second kappa shape index (κ2) is 11.3. The first-order valence-corrected chi connectivity index (χ1v) is 9.91. The van der Waals surface area contributed by atoms with Crippen molar-refractivity contribution in [2.75, 3.05) is 33.0 Å². The quantitative estimate of drug-likeness (QED) is 0.321. The highest BCUT2D eigenvalue weighted by atomic mass is 127. The SMILES string of the molecule is I.c1coc(CCNC(=NCC2CCCO2)NCCc2ccc3c(c2)OCO3)c1. The zero-order valence-corrected chi connectivity index (χ0v) is 18.7. The molecule has 29 heavy (non-hydrogen) atoms. The fraction of sp³-hybridized carbons (Fsp3) is 0.476. The molecule has 0 amide bonds. The van der Waals surface area contributed by atoms with Gasteiger partial charge in [0.25, 0.3) is 0 Å². The number of guanidine groups is 1. The van der Waals surface area contributed by atoms with Crippen LogP contribution in [0, 0.1) is 0 Å². The van der Waals surface area contributed by atoms with Crippen molar-refractivity contribution < 1.29 is 18.6 Å². The van der Waals surface area contributed by atoms with Crippen LogP contribution in [0.2, 0.25) is 0 Å². The van der Waals surface area contributed by atoms with Crippen LogP contribution in [0.25, 0.3) is 0 Å². The number of furan rings is 1. The molecule has 1 atom stereocenters. The van der Waals surface area contributed by atoms with Crippen LogP contribution in [0.3, 0.4) is 0 Å². The fourth-order valence-corrected chi connectivity index (χ4v) is 3.34. The standard InChI is InChI=1S/C21H27N3O4.HI/c1-3-17(25-11-1)8-10-23-21(24-14-18-4-2-12-26-18)22-9-7-16-5-6-19-20(13-16)28-15-27-19;/h1,3,5-6,11,13,18H,2,4,7-10,12,14-15H2,(H2,22,23,24);1H. The van der Waals surface area contributed by atoms with Gasteiger partial charge in [-0.25, -0.2) is 0 Å². The van der Waals surface area contributed by atoms with Crippen LogP contribution in [0.15, 0.2) is 46.0 Å². The lowest BCUT2D eigenvalue weighted by Gasteiger charge is -2.14. The summed E-state index contributed by atoms with van der Waals surface area (Å²) in [5, 5.41) is 6.81. The molecule has 1 aromatic carbocycles. The first kappa shape index (κ1) is 21.8. The van der Waals surface area contributed by atoms with E-state index < -0.39 is 0 Å². The van der Waals surface area contributed by atoms with Gasteiger partial charge in [-0.05, 0) is 49.1 Å². The van der Waals surface area contributed by atoms with Gasteiger partial charge >= 0.3 is 0 Å². The van der Waals surface area contributed by atoms with E-state index in [1.54, 1.807) is 6.26 Å². The van der Waals surface area contributed by atoms with E-state index in [-0.39, 0.29) is 30.1 Å². The summed E-state index contributed by atoms with van der Waals surface area (Å²) in [5.74, 6) is 3.41. The van der Waals surface area contributed by atoms with Crippen LogP contribution in [-0.4, -0.2) is 45.1 Å². The third kappa shape index (κ3) is 6.53. The number of benzene rings is 1. The molecule has 2 aliphatic rings. The van der Waals surface area contributed by atoms with Crippen molar-refractivity contribution in [3.05, 3.63) is 47.9 Å². The van der Waals surface area contributed by atoms with Crippen LogP contribution in [-0.2, 0) is 17.6 Å². The van der Waals surface area contributed by atoms with Crippen LogP contribution < -0.4 is 20.1 Å². The molecule has 1 unspecified atom stereocenters. The van der Waals surface area contributed by atoms with E-state index >= 15 is 0 Å². The van der Waals surface area contributed by atoms with E-state index in [2.05, 4.69) is 16.7 Å². The molecule has 0 saturated carbocycles. The minimum absolute atomic E-state index is 0. The number of hydrogen-bond donors (Lipinski definition) is 2. The number of fused-ring (bicyclic) bond motifs is 1. The Bertz CT molecular complexity index is 776. The van der Waals surface area contributed by atoms with Gasteiger partial charge in [-0.3, -0.25) is 4.99 Å². The highest BCUT2D eigenvalue weighted by molar-refractivity contribution is 14.0. The smallest absolute Gasteiger partial charge is 0.231 e. The number of nitrogens with zero attached hydrogens (tertiary/aromatic N) is 1. The molecular formula is C21H28IN3O4. The van der Waals surface area contributed by atoms with E-state index in [1.807, 2.05) is 24.3 Å². The maximum absolute atomic E-state index is 5.68. The Morgan fingerprint density at radius 2 is 1.93 bits per heavy atom. The third-order valence-corrected chi connectivity index (χ3v) is 4.86. The van der Waals surface area contributed by atoms with Crippen molar-refractivity contribution in [3.8, 4) is 11.5 Å². The van der Waals surface area contributed by atoms with Crippen molar-refractivity contribution in [1.82, 2.24) is 10.6 Å². The summed E-state index contributed by atoms with van der Waals surface area (Å²) in [5.41, 5.74) is 1.20. The largest absolute Gasteiger partial charge is 0.469 e. The first-order chi connectivity index (χ1) is 13.9. The summed E-state index contributed by atoms with van der Waals surface area (Å²) in [6, 6.07) is 9.97. The second-order valence-electron chi connectivity index (χ2n) is 6.94. The maximum Gasteiger partial charge on any atom is 0.231 e. The number of ether oxygens (including phenoxy) is 3. The molecule has 8 heteroatoms. The molecule has 0 bridgehead atoms. The van der Waals surface area contributed by atoms with Gasteiger partial charge in [-0.1, -0.05) is 6.07 Å². The summed E-state index contributed by atoms with van der Waals surface area (Å²) in [6.45, 7) is 3.36. The Morgan fingerprint density at radius 3 is 2.72 bits per heavy atom. The number of rotatable bonds is 8. The monoisotopic (exact) mass is 513 g/mol. The topological polar surface area (TPSA) is 77.3 Å². The minimum atomic E-state index is 0. The second-order valence-corrected chi connectivity index (χ2v) is 6.94. The predicted molar refractivity (Wildman–Crippen MR) is 121 cm³/mol. The van der Waals surface area contributed by atoms with Crippen molar-refractivity contribution >= 4 is 29.9 Å². The summed E-state index contributed by atoms with van der Waals surface area (Å²) >= 11 is 0. The maximum atomic E-state index is 5.68.